The van der Waals surface area contributed by atoms with Crippen LogP contribution in [0.1, 0.15) is 32.1 Å². The first-order valence-corrected chi connectivity index (χ1v) is 9.14. The maximum atomic E-state index is 6.27. The maximum absolute atomic E-state index is 6.27. The van der Waals surface area contributed by atoms with Gasteiger partial charge in [-0.2, -0.15) is 11.8 Å². The number of thiophene rings is 1. The Kier molecular flexibility index (Phi) is 4.99. The minimum Gasteiger partial charge on any atom is -0.329 e. The second-order valence-electron chi connectivity index (χ2n) is 6.02. The SMILES string of the molecule is CCN(Cc1cccs1)C1(CN)CSCCC1(C)C. The third-order valence-electron chi connectivity index (χ3n) is 4.72. The lowest BCUT2D eigenvalue weighted by molar-refractivity contribution is -0.000538. The molecule has 0 bridgehead atoms. The van der Waals surface area contributed by atoms with E-state index in [9.17, 15) is 0 Å². The Hall–Kier alpha value is -0.0300. The highest BCUT2D eigenvalue weighted by atomic mass is 32.2. The highest BCUT2D eigenvalue weighted by molar-refractivity contribution is 7.99. The van der Waals surface area contributed by atoms with Crippen LogP contribution in [0, 0.1) is 5.41 Å². The van der Waals surface area contributed by atoms with E-state index in [0.29, 0.717) is 5.41 Å². The predicted molar refractivity (Wildman–Crippen MR) is 87.9 cm³/mol. The summed E-state index contributed by atoms with van der Waals surface area (Å²) in [4.78, 5) is 4.06. The lowest BCUT2D eigenvalue weighted by Crippen LogP contribution is -2.65. The number of nitrogens with zero attached hydrogens (tertiary/aromatic N) is 1. The molecule has 1 aliphatic heterocycles. The molecule has 108 valence electrons. The third kappa shape index (κ3) is 2.87. The van der Waals surface area contributed by atoms with Crippen molar-refractivity contribution < 1.29 is 0 Å². The molecular weight excluding hydrogens is 272 g/mol. The van der Waals surface area contributed by atoms with Gasteiger partial charge < -0.3 is 5.73 Å². The number of hydrogen-bond acceptors (Lipinski definition) is 4. The third-order valence-corrected chi connectivity index (χ3v) is 6.76. The molecule has 1 saturated heterocycles. The fourth-order valence-corrected chi connectivity index (χ4v) is 5.68. The van der Waals surface area contributed by atoms with E-state index in [4.69, 9.17) is 5.73 Å². The zero-order valence-electron chi connectivity index (χ0n) is 12.3. The van der Waals surface area contributed by atoms with Crippen molar-refractivity contribution in [2.45, 2.75) is 39.3 Å². The molecule has 1 unspecified atom stereocenters. The van der Waals surface area contributed by atoms with Gasteiger partial charge >= 0.3 is 0 Å². The molecule has 1 atom stereocenters. The number of nitrogens with two attached hydrogens (primary N) is 1. The van der Waals surface area contributed by atoms with Gasteiger partial charge in [0, 0.05) is 29.3 Å². The molecule has 0 radical (unpaired) electrons. The van der Waals surface area contributed by atoms with Crippen molar-refractivity contribution in [2.75, 3.05) is 24.6 Å². The minimum atomic E-state index is 0.134. The maximum Gasteiger partial charge on any atom is 0.0476 e. The fraction of sp³-hybridized carbons (Fsp3) is 0.733. The Morgan fingerprint density at radius 3 is 2.74 bits per heavy atom. The van der Waals surface area contributed by atoms with Gasteiger partial charge in [-0.1, -0.05) is 26.8 Å². The molecule has 2 N–H and O–H groups in total. The van der Waals surface area contributed by atoms with Crippen LogP contribution in [0.3, 0.4) is 0 Å². The summed E-state index contributed by atoms with van der Waals surface area (Å²) < 4.78 is 0. The van der Waals surface area contributed by atoms with E-state index >= 15 is 0 Å². The van der Waals surface area contributed by atoms with Crippen molar-refractivity contribution in [2.24, 2.45) is 11.1 Å². The highest BCUT2D eigenvalue weighted by Gasteiger charge is 2.49. The molecule has 1 fully saturated rings. The van der Waals surface area contributed by atoms with Crippen molar-refractivity contribution in [3.63, 3.8) is 0 Å². The minimum absolute atomic E-state index is 0.134. The lowest BCUT2D eigenvalue weighted by Gasteiger charge is -2.55. The van der Waals surface area contributed by atoms with E-state index in [0.717, 1.165) is 25.4 Å². The summed E-state index contributed by atoms with van der Waals surface area (Å²) in [6.07, 6.45) is 1.26. The Labute approximate surface area is 125 Å². The van der Waals surface area contributed by atoms with E-state index in [2.05, 4.69) is 54.9 Å². The van der Waals surface area contributed by atoms with Crippen molar-refractivity contribution in [1.29, 1.82) is 0 Å². The predicted octanol–water partition coefficient (Wildman–Crippen LogP) is 3.43. The van der Waals surface area contributed by atoms with Gasteiger partial charge in [0.25, 0.3) is 0 Å². The van der Waals surface area contributed by atoms with Gasteiger partial charge in [0.15, 0.2) is 0 Å². The molecule has 0 aromatic carbocycles. The van der Waals surface area contributed by atoms with E-state index in [1.54, 1.807) is 0 Å². The molecule has 2 heterocycles. The average Bonchev–Trinajstić information content (AvgIpc) is 2.89. The smallest absolute Gasteiger partial charge is 0.0476 e. The molecule has 1 aromatic heterocycles. The Bertz CT molecular complexity index is 389. The average molecular weight is 299 g/mol. The van der Waals surface area contributed by atoms with Crippen molar-refractivity contribution in [1.82, 2.24) is 4.90 Å². The van der Waals surface area contributed by atoms with Crippen LogP contribution in [0.2, 0.25) is 0 Å². The van der Waals surface area contributed by atoms with Gasteiger partial charge in [0.2, 0.25) is 0 Å². The first-order valence-electron chi connectivity index (χ1n) is 7.11. The quantitative estimate of drug-likeness (QED) is 0.903. The molecule has 2 rings (SSSR count). The zero-order valence-corrected chi connectivity index (χ0v) is 13.9. The summed E-state index contributed by atoms with van der Waals surface area (Å²) in [5, 5.41) is 2.17. The van der Waals surface area contributed by atoms with E-state index < -0.39 is 0 Å². The Balaban J connectivity index is 2.26. The molecule has 4 heteroatoms. The molecule has 2 nitrogen and oxygen atoms in total. The first kappa shape index (κ1) is 15.4. The van der Waals surface area contributed by atoms with Gasteiger partial charge in [0.1, 0.15) is 0 Å². The second-order valence-corrected chi connectivity index (χ2v) is 8.15. The monoisotopic (exact) mass is 298 g/mol. The van der Waals surface area contributed by atoms with Crippen LogP contribution in [0.15, 0.2) is 17.5 Å². The summed E-state index contributed by atoms with van der Waals surface area (Å²) in [5.41, 5.74) is 6.69. The van der Waals surface area contributed by atoms with Gasteiger partial charge in [-0.05, 0) is 35.6 Å². The standard InChI is InChI=1S/C15H26N2S2/c1-4-17(10-13-6-5-8-19-13)15(11-16)12-18-9-7-14(15,2)3/h5-6,8H,4,7,9-12,16H2,1-3H3. The Morgan fingerprint density at radius 2 is 2.21 bits per heavy atom. The molecule has 19 heavy (non-hydrogen) atoms. The summed E-state index contributed by atoms with van der Waals surface area (Å²) in [7, 11) is 0. The van der Waals surface area contributed by atoms with Gasteiger partial charge in [-0.3, -0.25) is 4.90 Å². The normalized spacial score (nSPS) is 26.8. The van der Waals surface area contributed by atoms with Gasteiger partial charge in [-0.15, -0.1) is 11.3 Å². The molecule has 1 aliphatic rings. The van der Waals surface area contributed by atoms with Crippen LogP contribution in [0.25, 0.3) is 0 Å². The second kappa shape index (κ2) is 6.17. The Morgan fingerprint density at radius 1 is 1.42 bits per heavy atom. The van der Waals surface area contributed by atoms with Gasteiger partial charge in [0.05, 0.1) is 0 Å². The van der Waals surface area contributed by atoms with Crippen molar-refractivity contribution in [3.8, 4) is 0 Å². The fourth-order valence-electron chi connectivity index (χ4n) is 3.14. The number of hydrogen-bond donors (Lipinski definition) is 1. The molecule has 0 aliphatic carbocycles. The van der Waals surface area contributed by atoms with Crippen LogP contribution >= 0.6 is 23.1 Å². The highest BCUT2D eigenvalue weighted by Crippen LogP contribution is 2.46. The first-order chi connectivity index (χ1) is 9.05. The van der Waals surface area contributed by atoms with E-state index in [1.807, 2.05) is 11.3 Å². The van der Waals surface area contributed by atoms with E-state index in [1.165, 1.54) is 17.1 Å². The van der Waals surface area contributed by atoms with Crippen LogP contribution in [0.5, 0.6) is 0 Å². The lowest BCUT2D eigenvalue weighted by atomic mass is 9.69. The number of rotatable bonds is 5. The van der Waals surface area contributed by atoms with Crippen LogP contribution in [0.4, 0.5) is 0 Å². The summed E-state index contributed by atoms with van der Waals surface area (Å²) in [5.74, 6) is 2.43. The topological polar surface area (TPSA) is 29.3 Å². The summed E-state index contributed by atoms with van der Waals surface area (Å²) in [6.45, 7) is 9.92. The summed E-state index contributed by atoms with van der Waals surface area (Å²) >= 11 is 3.92. The van der Waals surface area contributed by atoms with Crippen LogP contribution < -0.4 is 5.73 Å². The number of thioether (sulfide) groups is 1. The van der Waals surface area contributed by atoms with Gasteiger partial charge in [-0.25, -0.2) is 0 Å². The van der Waals surface area contributed by atoms with E-state index in [-0.39, 0.29) is 5.54 Å². The molecule has 0 saturated carbocycles. The number of likely N-dealkylation sites (N-methyl/N-ethyl adjacent to an activating group) is 1. The molecular formula is C15H26N2S2. The molecule has 0 amide bonds. The van der Waals surface area contributed by atoms with Crippen molar-refractivity contribution in [3.05, 3.63) is 22.4 Å². The largest absolute Gasteiger partial charge is 0.329 e. The van der Waals surface area contributed by atoms with Crippen LogP contribution in [-0.4, -0.2) is 35.0 Å². The molecule has 1 aromatic rings. The molecule has 0 spiro atoms. The van der Waals surface area contributed by atoms with Crippen LogP contribution in [-0.2, 0) is 6.54 Å². The van der Waals surface area contributed by atoms with Crippen molar-refractivity contribution >= 4 is 23.1 Å². The zero-order chi connectivity index (χ0) is 13.9. The summed E-state index contributed by atoms with van der Waals surface area (Å²) in [6, 6.07) is 4.38.